The number of carbonyl (C=O) groups is 2. The number of likely N-dealkylation sites (tertiary alicyclic amines) is 1. The van der Waals surface area contributed by atoms with Crippen LogP contribution in [-0.4, -0.2) is 62.9 Å². The molecule has 0 saturated carbocycles. The van der Waals surface area contributed by atoms with E-state index in [1.807, 2.05) is 4.90 Å². The minimum atomic E-state index is -4.83. The quantitative estimate of drug-likeness (QED) is 0.275. The normalized spacial score (nSPS) is 16.6. The molecule has 0 bridgehead atoms. The van der Waals surface area contributed by atoms with Crippen molar-refractivity contribution in [1.82, 2.24) is 19.7 Å². The lowest BCUT2D eigenvalue weighted by Crippen LogP contribution is -2.56. The number of rotatable bonds is 5. The Morgan fingerprint density at radius 1 is 1.00 bits per heavy atom. The molecule has 6 rings (SSSR count). The summed E-state index contributed by atoms with van der Waals surface area (Å²) in [6.45, 7) is 2.80. The van der Waals surface area contributed by atoms with Gasteiger partial charge in [-0.1, -0.05) is 0 Å². The van der Waals surface area contributed by atoms with Crippen LogP contribution < -0.4 is 9.64 Å². The maximum absolute atomic E-state index is 13.7. The van der Waals surface area contributed by atoms with Gasteiger partial charge in [0.05, 0.1) is 11.4 Å². The molecule has 2 fully saturated rings. The first-order valence-corrected chi connectivity index (χ1v) is 13.8. The van der Waals surface area contributed by atoms with Gasteiger partial charge in [-0.2, -0.15) is 5.10 Å². The second-order valence-corrected chi connectivity index (χ2v) is 10.7. The van der Waals surface area contributed by atoms with Crippen LogP contribution >= 0.6 is 0 Å². The van der Waals surface area contributed by atoms with Crippen molar-refractivity contribution in [2.45, 2.75) is 38.1 Å². The molecule has 0 unspecified atom stereocenters. The number of piperidine rings is 1. The molecule has 2 saturated heterocycles. The van der Waals surface area contributed by atoms with Crippen LogP contribution in [0.3, 0.4) is 0 Å². The molecule has 2 aliphatic heterocycles. The molecule has 2 aromatic carbocycles. The van der Waals surface area contributed by atoms with E-state index in [2.05, 4.69) is 14.8 Å². The molecule has 0 atom stereocenters. The standard InChI is InChI=1S/C31H27F4N5O3/c1-20-17-24(43-31(33,34)35)8-9-26(20)40-27(21-3-2-13-36-19-21)18-25(37-40)29(42)38-15-11-30(12-16-38)28(41)10-14-39(30)23-6-4-22(32)5-7-23/h2-9,13,17-19H,10-12,14-16H2,1H3. The number of anilines is 1. The highest BCUT2D eigenvalue weighted by atomic mass is 19.4. The molecule has 1 amide bonds. The lowest BCUT2D eigenvalue weighted by molar-refractivity contribution is -0.274. The third kappa shape index (κ3) is 5.44. The van der Waals surface area contributed by atoms with Crippen molar-refractivity contribution in [3.05, 3.63) is 90.1 Å². The number of hydrogen-bond donors (Lipinski definition) is 0. The van der Waals surface area contributed by atoms with Crippen LogP contribution in [0.2, 0.25) is 0 Å². The van der Waals surface area contributed by atoms with E-state index in [9.17, 15) is 27.2 Å². The van der Waals surface area contributed by atoms with Gasteiger partial charge in [-0.3, -0.25) is 14.6 Å². The highest BCUT2D eigenvalue weighted by Gasteiger charge is 2.50. The highest BCUT2D eigenvalue weighted by Crippen LogP contribution is 2.40. The van der Waals surface area contributed by atoms with E-state index in [4.69, 9.17) is 0 Å². The second kappa shape index (κ2) is 10.8. The monoisotopic (exact) mass is 593 g/mol. The number of pyridine rings is 1. The number of ether oxygens (including phenoxy) is 1. The Balaban J connectivity index is 1.28. The van der Waals surface area contributed by atoms with Crippen molar-refractivity contribution in [2.75, 3.05) is 24.5 Å². The fourth-order valence-corrected chi connectivity index (χ4v) is 6.05. The summed E-state index contributed by atoms with van der Waals surface area (Å²) in [4.78, 5) is 34.7. The van der Waals surface area contributed by atoms with Crippen LogP contribution in [0, 0.1) is 12.7 Å². The SMILES string of the molecule is Cc1cc(OC(F)(F)F)ccc1-n1nc(C(=O)N2CCC3(CC2)C(=O)CCN3c2ccc(F)cc2)cc1-c1cccnc1. The van der Waals surface area contributed by atoms with Crippen LogP contribution in [0.1, 0.15) is 35.3 Å². The molecule has 1 spiro atoms. The van der Waals surface area contributed by atoms with E-state index in [1.165, 1.54) is 35.0 Å². The lowest BCUT2D eigenvalue weighted by Gasteiger charge is -2.44. The minimum absolute atomic E-state index is 0.112. The van der Waals surface area contributed by atoms with Crippen molar-refractivity contribution >= 4 is 17.4 Å². The predicted molar refractivity (Wildman–Crippen MR) is 149 cm³/mol. The number of halogens is 4. The van der Waals surface area contributed by atoms with Gasteiger partial charge in [0.15, 0.2) is 11.5 Å². The largest absolute Gasteiger partial charge is 0.573 e. The maximum Gasteiger partial charge on any atom is 0.573 e. The molecule has 4 aromatic rings. The average molecular weight is 594 g/mol. The summed E-state index contributed by atoms with van der Waals surface area (Å²) in [6.07, 6.45) is -0.384. The number of benzene rings is 2. The van der Waals surface area contributed by atoms with E-state index < -0.39 is 11.9 Å². The zero-order valence-corrected chi connectivity index (χ0v) is 23.1. The van der Waals surface area contributed by atoms with Crippen LogP contribution in [0.5, 0.6) is 5.75 Å². The van der Waals surface area contributed by atoms with Gasteiger partial charge in [0.2, 0.25) is 0 Å². The van der Waals surface area contributed by atoms with Crippen molar-refractivity contribution in [3.63, 3.8) is 0 Å². The summed E-state index contributed by atoms with van der Waals surface area (Å²) >= 11 is 0. The van der Waals surface area contributed by atoms with Gasteiger partial charge in [-0.15, -0.1) is 13.2 Å². The van der Waals surface area contributed by atoms with Gasteiger partial charge >= 0.3 is 6.36 Å². The number of alkyl halides is 3. The first-order valence-electron chi connectivity index (χ1n) is 13.8. The van der Waals surface area contributed by atoms with Crippen molar-refractivity contribution in [2.24, 2.45) is 0 Å². The fraction of sp³-hybridized carbons (Fsp3) is 0.290. The van der Waals surface area contributed by atoms with E-state index in [0.717, 1.165) is 5.69 Å². The van der Waals surface area contributed by atoms with Gasteiger partial charge in [-0.05, 0) is 86.0 Å². The molecule has 0 radical (unpaired) electrons. The Bertz CT molecular complexity index is 1660. The summed E-state index contributed by atoms with van der Waals surface area (Å²) < 4.78 is 57.4. The summed E-state index contributed by atoms with van der Waals surface area (Å²) in [6, 6.07) is 15.2. The van der Waals surface area contributed by atoms with Gasteiger partial charge in [0.1, 0.15) is 17.1 Å². The van der Waals surface area contributed by atoms with E-state index in [0.29, 0.717) is 61.4 Å². The predicted octanol–water partition coefficient (Wildman–Crippen LogP) is 5.73. The van der Waals surface area contributed by atoms with Crippen molar-refractivity contribution in [1.29, 1.82) is 0 Å². The Morgan fingerprint density at radius 2 is 1.74 bits per heavy atom. The number of carbonyl (C=O) groups excluding carboxylic acids is 2. The molecule has 2 aliphatic rings. The lowest BCUT2D eigenvalue weighted by atomic mass is 9.83. The summed E-state index contributed by atoms with van der Waals surface area (Å²) in [5.74, 6) is -0.930. The van der Waals surface area contributed by atoms with Gasteiger partial charge in [0, 0.05) is 49.7 Å². The summed E-state index contributed by atoms with van der Waals surface area (Å²) in [5, 5.41) is 4.59. The Labute approximate surface area is 244 Å². The molecule has 12 heteroatoms. The van der Waals surface area contributed by atoms with E-state index in [-0.39, 0.29) is 29.0 Å². The Hall–Kier alpha value is -4.74. The third-order valence-electron chi connectivity index (χ3n) is 8.13. The van der Waals surface area contributed by atoms with Crippen LogP contribution in [0.15, 0.2) is 73.1 Å². The smallest absolute Gasteiger partial charge is 0.406 e. The Kier molecular flexibility index (Phi) is 7.15. The van der Waals surface area contributed by atoms with Crippen molar-refractivity contribution < 1.29 is 31.9 Å². The third-order valence-corrected chi connectivity index (χ3v) is 8.13. The number of aromatic nitrogens is 3. The topological polar surface area (TPSA) is 80.6 Å². The highest BCUT2D eigenvalue weighted by molar-refractivity contribution is 5.97. The zero-order valence-electron chi connectivity index (χ0n) is 23.1. The number of amides is 1. The van der Waals surface area contributed by atoms with Gasteiger partial charge in [-0.25, -0.2) is 9.07 Å². The minimum Gasteiger partial charge on any atom is -0.406 e. The van der Waals surface area contributed by atoms with Crippen LogP contribution in [-0.2, 0) is 4.79 Å². The first kappa shape index (κ1) is 28.4. The van der Waals surface area contributed by atoms with E-state index in [1.54, 1.807) is 54.5 Å². The van der Waals surface area contributed by atoms with Gasteiger partial charge < -0.3 is 14.5 Å². The summed E-state index contributed by atoms with van der Waals surface area (Å²) in [7, 11) is 0. The zero-order chi connectivity index (χ0) is 30.4. The number of aryl methyl sites for hydroxylation is 1. The van der Waals surface area contributed by atoms with E-state index >= 15 is 0 Å². The fourth-order valence-electron chi connectivity index (χ4n) is 6.05. The van der Waals surface area contributed by atoms with Crippen LogP contribution in [0.25, 0.3) is 16.9 Å². The number of ketones is 1. The number of Topliss-reactive ketones (excluding diaryl/α,β-unsaturated/α-hetero) is 1. The first-order chi connectivity index (χ1) is 20.5. The second-order valence-electron chi connectivity index (χ2n) is 10.7. The molecule has 2 aromatic heterocycles. The molecule has 8 nitrogen and oxygen atoms in total. The molecule has 0 N–H and O–H groups in total. The number of nitrogens with zero attached hydrogens (tertiary/aromatic N) is 5. The van der Waals surface area contributed by atoms with Crippen molar-refractivity contribution in [3.8, 4) is 22.7 Å². The molecular formula is C31H27F4N5O3. The Morgan fingerprint density at radius 3 is 2.40 bits per heavy atom. The van der Waals surface area contributed by atoms with Gasteiger partial charge in [0.25, 0.3) is 5.91 Å². The molecule has 4 heterocycles. The summed E-state index contributed by atoms with van der Waals surface area (Å²) in [5.41, 5.74) is 2.28. The average Bonchev–Trinajstić information content (AvgIpc) is 3.55. The molecule has 222 valence electrons. The maximum atomic E-state index is 13.7. The molecule has 43 heavy (non-hydrogen) atoms. The molecule has 0 aliphatic carbocycles. The van der Waals surface area contributed by atoms with Crippen LogP contribution in [0.4, 0.5) is 23.2 Å². The number of hydrogen-bond acceptors (Lipinski definition) is 6. The molecular weight excluding hydrogens is 566 g/mol.